The van der Waals surface area contributed by atoms with Crippen molar-refractivity contribution in [3.8, 4) is 0 Å². The van der Waals surface area contributed by atoms with Gasteiger partial charge in [0.05, 0.1) is 14.5 Å². The molecule has 0 saturated carbocycles. The fraction of sp³-hybridized carbons (Fsp3) is 0.467. The topological polar surface area (TPSA) is 76.1 Å². The smallest absolute Gasteiger partial charge is 0.269 e. The molecule has 1 amide bonds. The first-order chi connectivity index (χ1) is 11.6. The van der Waals surface area contributed by atoms with Crippen molar-refractivity contribution in [1.82, 2.24) is 4.98 Å². The maximum Gasteiger partial charge on any atom is 0.269 e. The number of thioether (sulfide) groups is 1. The third-order valence-electron chi connectivity index (χ3n) is 3.39. The van der Waals surface area contributed by atoms with E-state index in [1.807, 2.05) is 13.8 Å². The zero-order valence-corrected chi connectivity index (χ0v) is 18.4. The minimum atomic E-state index is -3.58. The van der Waals surface area contributed by atoms with Crippen LogP contribution in [0.15, 0.2) is 15.3 Å². The molecule has 2 heterocycles. The molecule has 0 atom stereocenters. The summed E-state index contributed by atoms with van der Waals surface area (Å²) in [5.74, 6) is -0.125. The van der Waals surface area contributed by atoms with Crippen LogP contribution in [0.1, 0.15) is 48.2 Å². The predicted octanol–water partition coefficient (Wildman–Crippen LogP) is 5.14. The molecule has 0 saturated heterocycles. The summed E-state index contributed by atoms with van der Waals surface area (Å²) in [6.07, 6.45) is 3.49. The van der Waals surface area contributed by atoms with Gasteiger partial charge < -0.3 is 0 Å². The van der Waals surface area contributed by atoms with Crippen LogP contribution in [0.4, 0.5) is 5.13 Å². The van der Waals surface area contributed by atoms with E-state index >= 15 is 0 Å². The molecule has 2 rings (SSSR count). The number of anilines is 1. The first kappa shape index (κ1) is 20.7. The lowest BCUT2D eigenvalue weighted by Crippen LogP contribution is -2.15. The van der Waals surface area contributed by atoms with Crippen molar-refractivity contribution in [2.45, 2.75) is 48.0 Å². The van der Waals surface area contributed by atoms with Crippen LogP contribution in [0, 0.1) is 0 Å². The number of thiophene rings is 1. The summed E-state index contributed by atoms with van der Waals surface area (Å²) in [6, 6.07) is 0. The van der Waals surface area contributed by atoms with Crippen LogP contribution in [-0.2, 0) is 9.84 Å². The Labute approximate surface area is 165 Å². The molecule has 0 spiro atoms. The number of rotatable bonds is 6. The molecule has 0 unspecified atom stereocenters. The Balaban J connectivity index is 2.39. The first-order valence-corrected chi connectivity index (χ1v) is 12.2. The van der Waals surface area contributed by atoms with Crippen LogP contribution in [0.5, 0.6) is 0 Å². The Hall–Kier alpha value is -0.610. The van der Waals surface area contributed by atoms with E-state index in [-0.39, 0.29) is 14.8 Å². The van der Waals surface area contributed by atoms with Gasteiger partial charge in [-0.05, 0) is 26.0 Å². The van der Waals surface area contributed by atoms with Gasteiger partial charge in [-0.15, -0.1) is 34.4 Å². The fourth-order valence-corrected chi connectivity index (χ4v) is 7.22. The minimum absolute atomic E-state index is 0.0128. The number of hydrogen-bond acceptors (Lipinski definition) is 7. The van der Waals surface area contributed by atoms with E-state index in [1.165, 1.54) is 23.1 Å². The van der Waals surface area contributed by atoms with Gasteiger partial charge in [-0.3, -0.25) is 10.1 Å². The fourth-order valence-electron chi connectivity index (χ4n) is 1.90. The number of thiazole rings is 1. The zero-order valence-electron chi connectivity index (χ0n) is 14.4. The summed E-state index contributed by atoms with van der Waals surface area (Å²) < 4.78 is 25.7. The molecule has 25 heavy (non-hydrogen) atoms. The Kier molecular flexibility index (Phi) is 6.59. The molecule has 0 fully saturated rings. The predicted molar refractivity (Wildman–Crippen MR) is 108 cm³/mol. The van der Waals surface area contributed by atoms with E-state index in [2.05, 4.69) is 10.3 Å². The number of carbonyl (C=O) groups is 1. The van der Waals surface area contributed by atoms with Crippen molar-refractivity contribution in [2.24, 2.45) is 0 Å². The van der Waals surface area contributed by atoms with E-state index in [0.717, 1.165) is 16.2 Å². The van der Waals surface area contributed by atoms with Gasteiger partial charge in [0.15, 0.2) is 15.0 Å². The van der Waals surface area contributed by atoms with Gasteiger partial charge >= 0.3 is 0 Å². The van der Waals surface area contributed by atoms with Crippen LogP contribution < -0.4 is 5.32 Å². The second kappa shape index (κ2) is 7.96. The average Bonchev–Trinajstić information content (AvgIpc) is 3.11. The van der Waals surface area contributed by atoms with Crippen molar-refractivity contribution in [1.29, 1.82) is 0 Å². The quantitative estimate of drug-likeness (QED) is 0.632. The van der Waals surface area contributed by atoms with Gasteiger partial charge in [0.25, 0.3) is 5.91 Å². The van der Waals surface area contributed by atoms with Crippen LogP contribution in [-0.4, -0.2) is 30.8 Å². The number of hydrogen-bond donors (Lipinski definition) is 1. The second-order valence-electron chi connectivity index (χ2n) is 5.84. The summed E-state index contributed by atoms with van der Waals surface area (Å²) in [5.41, 5.74) is 0. The van der Waals surface area contributed by atoms with Gasteiger partial charge in [0.1, 0.15) is 9.77 Å². The van der Waals surface area contributed by atoms with Crippen LogP contribution >= 0.6 is 46.0 Å². The number of nitrogens with one attached hydrogen (secondary N) is 1. The lowest BCUT2D eigenvalue weighted by atomic mass is 10.2. The molecule has 0 aliphatic heterocycles. The van der Waals surface area contributed by atoms with Crippen LogP contribution in [0.2, 0.25) is 5.02 Å². The normalized spacial score (nSPS) is 12.2. The van der Waals surface area contributed by atoms with Crippen LogP contribution in [0.3, 0.4) is 0 Å². The molecular formula is C15H19ClN2O3S4. The zero-order chi connectivity index (χ0) is 18.9. The number of sulfone groups is 1. The molecule has 2 aromatic rings. The average molecular weight is 439 g/mol. The SMILES string of the molecule is CSc1sc(C(=O)Nc2ncc(C(C)C)s2)c(Cl)c1S(=O)(=O)C(C)C. The number of amides is 1. The Morgan fingerprint density at radius 3 is 2.40 bits per heavy atom. The molecule has 5 nitrogen and oxygen atoms in total. The number of halogens is 1. The Morgan fingerprint density at radius 2 is 1.92 bits per heavy atom. The highest BCUT2D eigenvalue weighted by Crippen LogP contribution is 2.43. The largest absolute Gasteiger partial charge is 0.297 e. The summed E-state index contributed by atoms with van der Waals surface area (Å²) in [4.78, 5) is 18.0. The number of carbonyl (C=O) groups excluding carboxylic acids is 1. The molecule has 0 aromatic carbocycles. The summed E-state index contributed by atoms with van der Waals surface area (Å²) >= 11 is 10.0. The summed E-state index contributed by atoms with van der Waals surface area (Å²) in [5, 5.41) is 2.55. The molecule has 1 N–H and O–H groups in total. The monoisotopic (exact) mass is 438 g/mol. The second-order valence-corrected chi connectivity index (χ2v) is 11.8. The molecule has 2 aromatic heterocycles. The molecular weight excluding hydrogens is 420 g/mol. The van der Waals surface area contributed by atoms with E-state index in [1.54, 1.807) is 26.3 Å². The summed E-state index contributed by atoms with van der Waals surface area (Å²) in [7, 11) is -3.58. The van der Waals surface area contributed by atoms with Crippen molar-refractivity contribution in [3.63, 3.8) is 0 Å². The lowest BCUT2D eigenvalue weighted by molar-refractivity contribution is 0.103. The third-order valence-corrected chi connectivity index (χ3v) is 9.99. The number of aromatic nitrogens is 1. The van der Waals surface area contributed by atoms with E-state index in [4.69, 9.17) is 11.6 Å². The minimum Gasteiger partial charge on any atom is -0.297 e. The van der Waals surface area contributed by atoms with Crippen molar-refractivity contribution < 1.29 is 13.2 Å². The van der Waals surface area contributed by atoms with Gasteiger partial charge in [-0.1, -0.05) is 25.4 Å². The van der Waals surface area contributed by atoms with Gasteiger partial charge in [-0.25, -0.2) is 13.4 Å². The molecule has 0 aliphatic carbocycles. The first-order valence-electron chi connectivity index (χ1n) is 7.46. The molecule has 0 aliphatic rings. The molecule has 0 bridgehead atoms. The van der Waals surface area contributed by atoms with E-state index < -0.39 is 21.0 Å². The molecule has 10 heteroatoms. The highest BCUT2D eigenvalue weighted by molar-refractivity contribution is 8.01. The number of nitrogens with zero attached hydrogens (tertiary/aromatic N) is 1. The molecule has 138 valence electrons. The van der Waals surface area contributed by atoms with Gasteiger partial charge in [-0.2, -0.15) is 0 Å². The van der Waals surface area contributed by atoms with Crippen molar-refractivity contribution >= 4 is 66.9 Å². The maximum atomic E-state index is 12.6. The Bertz CT molecular complexity index is 885. The third kappa shape index (κ3) is 4.21. The maximum absolute atomic E-state index is 12.6. The van der Waals surface area contributed by atoms with Crippen molar-refractivity contribution in [2.75, 3.05) is 11.6 Å². The summed E-state index contributed by atoms with van der Waals surface area (Å²) in [6.45, 7) is 7.28. The highest BCUT2D eigenvalue weighted by Gasteiger charge is 2.32. The lowest BCUT2D eigenvalue weighted by Gasteiger charge is -2.08. The van der Waals surface area contributed by atoms with Crippen molar-refractivity contribution in [3.05, 3.63) is 21.0 Å². The standard InChI is InChI=1S/C15H19ClN2O3S4/c1-7(2)9-6-17-15(23-9)18-13(19)11-10(16)12(14(22-5)24-11)25(20,21)8(3)4/h6-8H,1-5H3,(H,17,18,19). The van der Waals surface area contributed by atoms with Gasteiger partial charge in [0.2, 0.25) is 0 Å². The van der Waals surface area contributed by atoms with Crippen LogP contribution in [0.25, 0.3) is 0 Å². The van der Waals surface area contributed by atoms with E-state index in [0.29, 0.717) is 15.3 Å². The molecule has 0 radical (unpaired) electrons. The highest BCUT2D eigenvalue weighted by atomic mass is 35.5. The Morgan fingerprint density at radius 1 is 1.28 bits per heavy atom. The van der Waals surface area contributed by atoms with E-state index in [9.17, 15) is 13.2 Å². The van der Waals surface area contributed by atoms with Gasteiger partial charge in [0, 0.05) is 11.1 Å².